The van der Waals surface area contributed by atoms with Crippen LogP contribution in [0.15, 0.2) is 66.1 Å². The Morgan fingerprint density at radius 2 is 1.96 bits per heavy atom. The first-order valence-corrected chi connectivity index (χ1v) is 9.54. The summed E-state index contributed by atoms with van der Waals surface area (Å²) in [6, 6.07) is 13.3. The normalized spacial score (nSPS) is 10.9. The number of thioether (sulfide) groups is 1. The highest BCUT2D eigenvalue weighted by atomic mass is 32.2. The van der Waals surface area contributed by atoms with Gasteiger partial charge in [-0.15, -0.1) is 0 Å². The van der Waals surface area contributed by atoms with Gasteiger partial charge in [-0.2, -0.15) is 0 Å². The van der Waals surface area contributed by atoms with Crippen LogP contribution in [0.25, 0.3) is 17.0 Å². The monoisotopic (exact) mass is 393 g/mol. The highest BCUT2D eigenvalue weighted by Crippen LogP contribution is 2.24. The number of aryl methyl sites for hydroxylation is 1. The molecule has 0 aliphatic carbocycles. The van der Waals surface area contributed by atoms with E-state index in [0.29, 0.717) is 10.8 Å². The van der Waals surface area contributed by atoms with E-state index < -0.39 is 0 Å². The van der Waals surface area contributed by atoms with Crippen molar-refractivity contribution in [2.75, 3.05) is 11.1 Å². The molecule has 0 atom stereocenters. The summed E-state index contributed by atoms with van der Waals surface area (Å²) in [5.41, 5.74) is 3.91. The number of carbonyl (C=O) groups excluding carboxylic acids is 1. The number of rotatable bonds is 5. The number of amides is 1. The van der Waals surface area contributed by atoms with E-state index >= 15 is 0 Å². The molecular formula is C20H16FN5OS. The summed E-state index contributed by atoms with van der Waals surface area (Å²) in [7, 11) is 0. The molecule has 8 heteroatoms. The third-order valence-electron chi connectivity index (χ3n) is 4.04. The number of imidazole rings is 1. The predicted octanol–water partition coefficient (Wildman–Crippen LogP) is 3.97. The lowest BCUT2D eigenvalue weighted by atomic mass is 10.2. The Morgan fingerprint density at radius 1 is 1.14 bits per heavy atom. The lowest BCUT2D eigenvalue weighted by Gasteiger charge is -2.06. The van der Waals surface area contributed by atoms with E-state index in [9.17, 15) is 9.18 Å². The fourth-order valence-corrected chi connectivity index (χ4v) is 3.46. The minimum atomic E-state index is -0.347. The Morgan fingerprint density at radius 3 is 2.79 bits per heavy atom. The zero-order chi connectivity index (χ0) is 19.5. The number of anilines is 1. The van der Waals surface area contributed by atoms with Gasteiger partial charge in [0, 0.05) is 18.1 Å². The van der Waals surface area contributed by atoms with Gasteiger partial charge in [0.05, 0.1) is 22.8 Å². The summed E-state index contributed by atoms with van der Waals surface area (Å²) in [4.78, 5) is 25.5. The molecule has 1 N–H and O–H groups in total. The fraction of sp³-hybridized carbons (Fsp3) is 0.100. The highest BCUT2D eigenvalue weighted by molar-refractivity contribution is 7.99. The maximum atomic E-state index is 12.9. The number of hydrogen-bond donors (Lipinski definition) is 1. The van der Waals surface area contributed by atoms with E-state index in [2.05, 4.69) is 20.3 Å². The first-order valence-electron chi connectivity index (χ1n) is 8.55. The molecule has 3 aromatic heterocycles. The number of nitrogens with zero attached hydrogens (tertiary/aromatic N) is 4. The van der Waals surface area contributed by atoms with Gasteiger partial charge in [0.2, 0.25) is 5.91 Å². The SMILES string of the molecule is Cc1nc2ccccn2c1-c1ccnc(SCC(=O)Nc2ccc(F)cc2)n1. The lowest BCUT2D eigenvalue weighted by molar-refractivity contribution is -0.113. The van der Waals surface area contributed by atoms with Crippen LogP contribution in [0.4, 0.5) is 10.1 Å². The summed E-state index contributed by atoms with van der Waals surface area (Å²) in [5, 5.41) is 3.22. The Kier molecular flexibility index (Phi) is 5.03. The maximum Gasteiger partial charge on any atom is 0.234 e. The van der Waals surface area contributed by atoms with Crippen molar-refractivity contribution in [2.24, 2.45) is 0 Å². The largest absolute Gasteiger partial charge is 0.325 e. The number of pyridine rings is 1. The molecule has 140 valence electrons. The van der Waals surface area contributed by atoms with Crippen LogP contribution in [0.5, 0.6) is 0 Å². The van der Waals surface area contributed by atoms with Gasteiger partial charge in [-0.1, -0.05) is 17.8 Å². The summed E-state index contributed by atoms with van der Waals surface area (Å²) in [6.07, 6.45) is 3.61. The molecule has 0 saturated heterocycles. The number of aromatic nitrogens is 4. The summed E-state index contributed by atoms with van der Waals surface area (Å²) >= 11 is 1.24. The van der Waals surface area contributed by atoms with Crippen molar-refractivity contribution in [2.45, 2.75) is 12.1 Å². The first-order chi connectivity index (χ1) is 13.6. The smallest absolute Gasteiger partial charge is 0.234 e. The lowest BCUT2D eigenvalue weighted by Crippen LogP contribution is -2.14. The van der Waals surface area contributed by atoms with Gasteiger partial charge in [0.1, 0.15) is 11.5 Å². The molecule has 1 aromatic carbocycles. The molecule has 28 heavy (non-hydrogen) atoms. The minimum absolute atomic E-state index is 0.146. The van der Waals surface area contributed by atoms with Crippen molar-refractivity contribution < 1.29 is 9.18 Å². The van der Waals surface area contributed by atoms with E-state index in [0.717, 1.165) is 22.7 Å². The van der Waals surface area contributed by atoms with Crippen molar-refractivity contribution in [3.05, 3.63) is 72.4 Å². The van der Waals surface area contributed by atoms with Crippen molar-refractivity contribution in [3.8, 4) is 11.4 Å². The Labute approximate surface area is 164 Å². The average Bonchev–Trinajstić information content (AvgIpc) is 3.04. The van der Waals surface area contributed by atoms with Gasteiger partial charge in [-0.25, -0.2) is 19.3 Å². The second-order valence-corrected chi connectivity index (χ2v) is 6.99. The Bertz CT molecular complexity index is 1140. The number of hydrogen-bond acceptors (Lipinski definition) is 5. The fourth-order valence-electron chi connectivity index (χ4n) is 2.82. The van der Waals surface area contributed by atoms with E-state index in [4.69, 9.17) is 0 Å². The van der Waals surface area contributed by atoms with Crippen LogP contribution in [0, 0.1) is 12.7 Å². The number of fused-ring (bicyclic) bond motifs is 1. The molecule has 0 aliphatic rings. The van der Waals surface area contributed by atoms with Crippen LogP contribution < -0.4 is 5.32 Å². The predicted molar refractivity (Wildman–Crippen MR) is 107 cm³/mol. The molecule has 0 radical (unpaired) electrons. The molecule has 0 spiro atoms. The van der Waals surface area contributed by atoms with E-state index in [1.165, 1.54) is 36.0 Å². The van der Waals surface area contributed by atoms with Crippen molar-refractivity contribution >= 4 is 29.0 Å². The minimum Gasteiger partial charge on any atom is -0.325 e. The first kappa shape index (κ1) is 18.1. The average molecular weight is 393 g/mol. The van der Waals surface area contributed by atoms with E-state index in [-0.39, 0.29) is 17.5 Å². The van der Waals surface area contributed by atoms with Crippen LogP contribution in [0.3, 0.4) is 0 Å². The Balaban J connectivity index is 1.49. The molecule has 0 aliphatic heterocycles. The van der Waals surface area contributed by atoms with Gasteiger partial charge in [0.15, 0.2) is 5.16 Å². The van der Waals surface area contributed by atoms with Crippen molar-refractivity contribution in [3.63, 3.8) is 0 Å². The van der Waals surface area contributed by atoms with Gasteiger partial charge >= 0.3 is 0 Å². The van der Waals surface area contributed by atoms with Gasteiger partial charge in [-0.05, 0) is 49.4 Å². The number of halogens is 1. The van der Waals surface area contributed by atoms with Crippen LogP contribution >= 0.6 is 11.8 Å². The van der Waals surface area contributed by atoms with Crippen LogP contribution in [0.1, 0.15) is 5.69 Å². The second-order valence-electron chi connectivity index (χ2n) is 6.04. The molecule has 0 fully saturated rings. The highest BCUT2D eigenvalue weighted by Gasteiger charge is 2.13. The van der Waals surface area contributed by atoms with Gasteiger partial charge in [-0.3, -0.25) is 9.20 Å². The summed E-state index contributed by atoms with van der Waals surface area (Å²) in [6.45, 7) is 1.94. The number of benzene rings is 1. The molecule has 1 amide bonds. The topological polar surface area (TPSA) is 72.2 Å². The summed E-state index contributed by atoms with van der Waals surface area (Å²) in [5.74, 6) is -0.413. The third-order valence-corrected chi connectivity index (χ3v) is 4.90. The molecule has 4 rings (SSSR count). The summed E-state index contributed by atoms with van der Waals surface area (Å²) < 4.78 is 14.9. The standard InChI is InChI=1S/C20H16FN5OS/c1-13-19(26-11-3-2-4-17(26)23-13)16-9-10-22-20(25-16)28-12-18(27)24-15-7-5-14(21)6-8-15/h2-11H,12H2,1H3,(H,24,27). The molecule has 6 nitrogen and oxygen atoms in total. The van der Waals surface area contributed by atoms with Crippen LogP contribution in [0.2, 0.25) is 0 Å². The van der Waals surface area contributed by atoms with Gasteiger partial charge < -0.3 is 5.32 Å². The molecule has 0 unspecified atom stereocenters. The molecule has 0 bridgehead atoms. The third kappa shape index (κ3) is 3.86. The Hall–Kier alpha value is -3.26. The quantitative estimate of drug-likeness (QED) is 0.410. The van der Waals surface area contributed by atoms with Crippen molar-refractivity contribution in [1.82, 2.24) is 19.4 Å². The van der Waals surface area contributed by atoms with Crippen LogP contribution in [-0.4, -0.2) is 31.0 Å². The van der Waals surface area contributed by atoms with Crippen LogP contribution in [-0.2, 0) is 4.79 Å². The molecule has 4 aromatic rings. The molecule has 0 saturated carbocycles. The van der Waals surface area contributed by atoms with Crippen molar-refractivity contribution in [1.29, 1.82) is 0 Å². The second kappa shape index (κ2) is 7.77. The number of nitrogens with one attached hydrogen (secondary N) is 1. The maximum absolute atomic E-state index is 12.9. The number of carbonyl (C=O) groups is 1. The molecular weight excluding hydrogens is 377 g/mol. The van der Waals surface area contributed by atoms with Gasteiger partial charge in [0.25, 0.3) is 0 Å². The van der Waals surface area contributed by atoms with E-state index in [1.54, 1.807) is 6.20 Å². The zero-order valence-electron chi connectivity index (χ0n) is 15.0. The molecule has 3 heterocycles. The zero-order valence-corrected chi connectivity index (χ0v) is 15.8. The van der Waals surface area contributed by atoms with E-state index in [1.807, 2.05) is 41.8 Å².